The maximum Gasteiger partial charge on any atom is 0.337 e. The van der Waals surface area contributed by atoms with Crippen molar-refractivity contribution in [1.29, 1.82) is 0 Å². The maximum atomic E-state index is 15.6. The van der Waals surface area contributed by atoms with Crippen LogP contribution in [0.15, 0.2) is 90.2 Å². The van der Waals surface area contributed by atoms with E-state index in [1.165, 1.54) is 36.8 Å². The van der Waals surface area contributed by atoms with Gasteiger partial charge in [0.05, 0.1) is 27.3 Å². The van der Waals surface area contributed by atoms with Crippen molar-refractivity contribution in [2.45, 2.75) is 4.90 Å². The molecule has 0 aliphatic rings. The van der Waals surface area contributed by atoms with E-state index in [0.29, 0.717) is 22.2 Å². The number of carboxylic acids is 1. The lowest BCUT2D eigenvalue weighted by atomic mass is 10.2. The Kier molecular flexibility index (Phi) is 6.67. The number of sulfonamides is 1. The number of nitrogens with one attached hydrogen (secondary N) is 2. The fraction of sp³-hybridized carbons (Fsp3) is 0. The molecular weight excluding hydrogens is 590 g/mol. The monoisotopic (exact) mass is 606 g/mol. The second-order valence-electron chi connectivity index (χ2n) is 8.94. The predicted molar refractivity (Wildman–Crippen MR) is 153 cm³/mol. The Labute approximate surface area is 241 Å². The number of carboxylic acid groups (broad SMARTS) is 1. The van der Waals surface area contributed by atoms with E-state index in [1.54, 1.807) is 41.0 Å². The molecular formula is C28H17ClF2N6O4S. The minimum atomic E-state index is -4.32. The highest BCUT2D eigenvalue weighted by atomic mass is 35.5. The molecule has 210 valence electrons. The molecule has 0 aliphatic carbocycles. The number of hydrogen-bond donors (Lipinski definition) is 3. The molecule has 0 radical (unpaired) electrons. The Balaban J connectivity index is 1.42. The molecule has 3 aromatic heterocycles. The topological polar surface area (TPSA) is 139 Å². The maximum absolute atomic E-state index is 15.6. The van der Waals surface area contributed by atoms with E-state index in [4.69, 9.17) is 11.6 Å². The number of fused-ring (bicyclic) bond motifs is 2. The molecule has 14 heteroatoms. The number of pyridine rings is 1. The van der Waals surface area contributed by atoms with Crippen molar-refractivity contribution in [2.75, 3.05) is 10.0 Å². The summed E-state index contributed by atoms with van der Waals surface area (Å²) < 4.78 is 59.9. The van der Waals surface area contributed by atoms with Gasteiger partial charge in [-0.05, 0) is 42.5 Å². The summed E-state index contributed by atoms with van der Waals surface area (Å²) in [5.74, 6) is -3.17. The molecule has 3 N–H and O–H groups in total. The number of hydrogen-bond acceptors (Lipinski definition) is 7. The highest BCUT2D eigenvalue weighted by Crippen LogP contribution is 2.33. The minimum absolute atomic E-state index is 0.0651. The number of aromatic nitrogens is 4. The van der Waals surface area contributed by atoms with Crippen molar-refractivity contribution < 1.29 is 27.1 Å². The minimum Gasteiger partial charge on any atom is -0.478 e. The molecule has 0 saturated heterocycles. The van der Waals surface area contributed by atoms with Gasteiger partial charge in [-0.15, -0.1) is 0 Å². The lowest BCUT2D eigenvalue weighted by Gasteiger charge is -2.15. The lowest BCUT2D eigenvalue weighted by molar-refractivity contribution is 0.0699. The smallest absolute Gasteiger partial charge is 0.337 e. The van der Waals surface area contributed by atoms with Gasteiger partial charge in [0.1, 0.15) is 34.1 Å². The Hall–Kier alpha value is -5.14. The number of carbonyl (C=O) groups is 1. The SMILES string of the molecule is O=C(O)c1cn(-c2ccc3ncnc(Nc4c(F)ccc(NS(=O)(=O)c5ccccc5Cl)c4F)c3n2)c2ccccc12. The largest absolute Gasteiger partial charge is 0.478 e. The molecule has 0 bridgehead atoms. The first-order chi connectivity index (χ1) is 20.1. The zero-order chi connectivity index (χ0) is 29.6. The van der Waals surface area contributed by atoms with Gasteiger partial charge in [0.25, 0.3) is 10.0 Å². The lowest BCUT2D eigenvalue weighted by Crippen LogP contribution is -2.15. The molecule has 0 fully saturated rings. The van der Waals surface area contributed by atoms with Gasteiger partial charge in [-0.1, -0.05) is 41.9 Å². The highest BCUT2D eigenvalue weighted by Gasteiger charge is 2.23. The second kappa shape index (κ2) is 10.4. The number of aromatic carboxylic acids is 1. The van der Waals surface area contributed by atoms with E-state index in [1.807, 2.05) is 0 Å². The molecule has 6 rings (SSSR count). The van der Waals surface area contributed by atoms with E-state index in [9.17, 15) is 22.7 Å². The van der Waals surface area contributed by atoms with E-state index < -0.39 is 39.0 Å². The summed E-state index contributed by atoms with van der Waals surface area (Å²) in [6, 6.07) is 17.5. The van der Waals surface area contributed by atoms with Gasteiger partial charge in [-0.3, -0.25) is 4.72 Å². The number of halogens is 3. The van der Waals surface area contributed by atoms with Crippen LogP contribution in [0.25, 0.3) is 27.8 Å². The number of benzene rings is 3. The first-order valence-corrected chi connectivity index (χ1v) is 14.0. The molecule has 0 amide bonds. The van der Waals surface area contributed by atoms with Crippen LogP contribution < -0.4 is 10.0 Å². The summed E-state index contributed by atoms with van der Waals surface area (Å²) in [6.45, 7) is 0. The summed E-state index contributed by atoms with van der Waals surface area (Å²) in [4.78, 5) is 24.4. The van der Waals surface area contributed by atoms with Crippen LogP contribution in [-0.2, 0) is 10.0 Å². The molecule has 0 aliphatic heterocycles. The zero-order valence-electron chi connectivity index (χ0n) is 21.1. The molecule has 0 atom stereocenters. The van der Waals surface area contributed by atoms with Crippen LogP contribution >= 0.6 is 11.6 Å². The molecule has 0 spiro atoms. The Bertz CT molecular complexity index is 2160. The third-order valence-corrected chi connectivity index (χ3v) is 8.23. The Morgan fingerprint density at radius 3 is 2.50 bits per heavy atom. The average molecular weight is 607 g/mol. The summed E-state index contributed by atoms with van der Waals surface area (Å²) in [5.41, 5.74) is -0.154. The van der Waals surface area contributed by atoms with Crippen LogP contribution in [0.2, 0.25) is 5.02 Å². The summed E-state index contributed by atoms with van der Waals surface area (Å²) >= 11 is 6.00. The first-order valence-electron chi connectivity index (χ1n) is 12.1. The molecule has 0 saturated carbocycles. The van der Waals surface area contributed by atoms with Crippen LogP contribution in [0, 0.1) is 11.6 Å². The van der Waals surface area contributed by atoms with Crippen LogP contribution in [-0.4, -0.2) is 39.0 Å². The Morgan fingerprint density at radius 2 is 1.71 bits per heavy atom. The van der Waals surface area contributed by atoms with E-state index in [2.05, 4.69) is 25.0 Å². The molecule has 42 heavy (non-hydrogen) atoms. The van der Waals surface area contributed by atoms with Crippen molar-refractivity contribution in [1.82, 2.24) is 19.5 Å². The van der Waals surface area contributed by atoms with Gasteiger partial charge in [-0.25, -0.2) is 36.9 Å². The van der Waals surface area contributed by atoms with E-state index in [0.717, 1.165) is 12.1 Å². The number of rotatable bonds is 7. The molecule has 10 nitrogen and oxygen atoms in total. The molecule has 0 unspecified atom stereocenters. The fourth-order valence-corrected chi connectivity index (χ4v) is 6.00. The third kappa shape index (κ3) is 4.74. The van der Waals surface area contributed by atoms with E-state index >= 15 is 4.39 Å². The predicted octanol–water partition coefficient (Wildman–Crippen LogP) is 6.14. The molecule has 6 aromatic rings. The van der Waals surface area contributed by atoms with Gasteiger partial charge in [0, 0.05) is 11.6 Å². The van der Waals surface area contributed by atoms with Crippen LogP contribution in [0.1, 0.15) is 10.4 Å². The van der Waals surface area contributed by atoms with Gasteiger partial charge in [-0.2, -0.15) is 0 Å². The summed E-state index contributed by atoms with van der Waals surface area (Å²) in [7, 11) is -4.32. The van der Waals surface area contributed by atoms with Gasteiger partial charge in [0.15, 0.2) is 11.6 Å². The van der Waals surface area contributed by atoms with Crippen molar-refractivity contribution >= 4 is 66.7 Å². The normalized spacial score (nSPS) is 11.6. The average Bonchev–Trinajstić information content (AvgIpc) is 3.37. The van der Waals surface area contributed by atoms with Gasteiger partial charge in [0.2, 0.25) is 0 Å². The standard InChI is InChI=1S/C28H17ClF2N6O4S/c29-17-6-2-4-8-22(17)42(40,41)36-19-10-9-18(30)25(24(19)31)35-27-26-20(32-14-33-27)11-12-23(34-26)37-13-16(28(38)39)15-5-1-3-7-21(15)37/h1-14,36H,(H,38,39)(H,32,33,35). The molecule has 3 aromatic carbocycles. The van der Waals surface area contributed by atoms with Crippen LogP contribution in [0.5, 0.6) is 0 Å². The zero-order valence-corrected chi connectivity index (χ0v) is 22.7. The van der Waals surface area contributed by atoms with Gasteiger partial charge >= 0.3 is 5.97 Å². The first kappa shape index (κ1) is 27.1. The quantitative estimate of drug-likeness (QED) is 0.197. The van der Waals surface area contributed by atoms with E-state index in [-0.39, 0.29) is 26.8 Å². The van der Waals surface area contributed by atoms with Crippen LogP contribution in [0.3, 0.4) is 0 Å². The van der Waals surface area contributed by atoms with Crippen molar-refractivity contribution in [2.24, 2.45) is 0 Å². The van der Waals surface area contributed by atoms with Crippen LogP contribution in [0.4, 0.5) is 26.0 Å². The summed E-state index contributed by atoms with van der Waals surface area (Å²) in [5, 5.41) is 12.7. The fourth-order valence-electron chi connectivity index (χ4n) is 4.42. The number of anilines is 3. The number of para-hydroxylation sites is 1. The number of nitrogens with zero attached hydrogens (tertiary/aromatic N) is 4. The summed E-state index contributed by atoms with van der Waals surface area (Å²) in [6.07, 6.45) is 2.59. The second-order valence-corrected chi connectivity index (χ2v) is 11.0. The molecule has 3 heterocycles. The third-order valence-electron chi connectivity index (χ3n) is 6.36. The highest BCUT2D eigenvalue weighted by molar-refractivity contribution is 7.92. The van der Waals surface area contributed by atoms with Crippen molar-refractivity contribution in [3.63, 3.8) is 0 Å². The Morgan fingerprint density at radius 1 is 0.952 bits per heavy atom. The van der Waals surface area contributed by atoms with Crippen molar-refractivity contribution in [3.05, 3.63) is 108 Å². The van der Waals surface area contributed by atoms with Crippen molar-refractivity contribution in [3.8, 4) is 5.82 Å². The van der Waals surface area contributed by atoms with Gasteiger partial charge < -0.3 is 15.0 Å².